The molecule has 2 aliphatic rings. The highest BCUT2D eigenvalue weighted by atomic mass is 19.1. The van der Waals surface area contributed by atoms with Gasteiger partial charge in [-0.3, -0.25) is 4.79 Å². The van der Waals surface area contributed by atoms with E-state index >= 15 is 0 Å². The van der Waals surface area contributed by atoms with Crippen LogP contribution in [0.5, 0.6) is 0 Å². The Labute approximate surface area is 170 Å². The number of benzene rings is 3. The number of fused-ring (bicyclic) bond motifs is 1. The zero-order valence-electron chi connectivity index (χ0n) is 16.2. The molecule has 0 N–H and O–H groups in total. The average Bonchev–Trinajstić information content (AvgIpc) is 3.41. The van der Waals surface area contributed by atoms with E-state index in [0.717, 1.165) is 25.2 Å². The maximum absolute atomic E-state index is 14.1. The summed E-state index contributed by atoms with van der Waals surface area (Å²) in [5, 5.41) is 0. The Bertz CT molecular complexity index is 1020. The summed E-state index contributed by atoms with van der Waals surface area (Å²) < 4.78 is 14.1. The largest absolute Gasteiger partial charge is 0.363 e. The third kappa shape index (κ3) is 3.39. The van der Waals surface area contributed by atoms with Crippen molar-refractivity contribution in [2.45, 2.75) is 25.4 Å². The van der Waals surface area contributed by atoms with Gasteiger partial charge in [0.05, 0.1) is 0 Å². The molecule has 0 aliphatic carbocycles. The van der Waals surface area contributed by atoms with Gasteiger partial charge in [0, 0.05) is 43.3 Å². The minimum absolute atomic E-state index is 0.0279. The topological polar surface area (TPSA) is 23.6 Å². The minimum Gasteiger partial charge on any atom is -0.363 e. The van der Waals surface area contributed by atoms with E-state index in [1.54, 1.807) is 6.07 Å². The van der Waals surface area contributed by atoms with Gasteiger partial charge in [0.2, 0.25) is 0 Å². The van der Waals surface area contributed by atoms with Crippen LogP contribution in [-0.2, 0) is 13.1 Å². The maximum atomic E-state index is 14.1. The molecule has 0 aromatic heterocycles. The molecule has 2 heterocycles. The summed E-state index contributed by atoms with van der Waals surface area (Å²) in [5.41, 5.74) is 5.27. The van der Waals surface area contributed by atoms with Gasteiger partial charge in [0.25, 0.3) is 5.91 Å². The van der Waals surface area contributed by atoms with Gasteiger partial charge in [-0.05, 0) is 53.4 Å². The zero-order valence-corrected chi connectivity index (χ0v) is 16.2. The fourth-order valence-electron chi connectivity index (χ4n) is 4.52. The number of hydrogen-bond acceptors (Lipinski definition) is 2. The second kappa shape index (κ2) is 7.36. The van der Waals surface area contributed by atoms with Crippen molar-refractivity contribution < 1.29 is 9.18 Å². The van der Waals surface area contributed by atoms with Crippen LogP contribution in [0.25, 0.3) is 0 Å². The molecular formula is C25H23FN2O. The smallest absolute Gasteiger partial charge is 0.253 e. The predicted molar refractivity (Wildman–Crippen MR) is 112 cm³/mol. The molecule has 29 heavy (non-hydrogen) atoms. The van der Waals surface area contributed by atoms with Crippen molar-refractivity contribution >= 4 is 11.6 Å². The fourth-order valence-corrected chi connectivity index (χ4v) is 4.52. The van der Waals surface area contributed by atoms with Crippen LogP contribution in [0, 0.1) is 5.82 Å². The summed E-state index contributed by atoms with van der Waals surface area (Å²) in [6.45, 7) is 3.05. The summed E-state index contributed by atoms with van der Waals surface area (Å²) in [6, 6.07) is 23.3. The molecule has 1 fully saturated rings. The van der Waals surface area contributed by atoms with Gasteiger partial charge in [-0.25, -0.2) is 4.39 Å². The zero-order chi connectivity index (χ0) is 19.8. The van der Waals surface area contributed by atoms with Crippen molar-refractivity contribution in [3.63, 3.8) is 0 Å². The number of carbonyl (C=O) groups excluding carboxylic acids is 1. The highest BCUT2D eigenvalue weighted by Gasteiger charge is 2.29. The number of nitrogens with zero attached hydrogens (tertiary/aromatic N) is 2. The summed E-state index contributed by atoms with van der Waals surface area (Å²) in [6.07, 6.45) is 0.802. The number of hydrogen-bond donors (Lipinski definition) is 0. The lowest BCUT2D eigenvalue weighted by Gasteiger charge is -2.20. The van der Waals surface area contributed by atoms with E-state index in [9.17, 15) is 9.18 Å². The third-order valence-electron chi connectivity index (χ3n) is 6.14. The predicted octanol–water partition coefficient (Wildman–Crippen LogP) is 4.98. The summed E-state index contributed by atoms with van der Waals surface area (Å²) in [4.78, 5) is 17.1. The Morgan fingerprint density at radius 3 is 2.21 bits per heavy atom. The Balaban J connectivity index is 1.26. The van der Waals surface area contributed by atoms with Gasteiger partial charge in [0.1, 0.15) is 5.82 Å². The highest BCUT2D eigenvalue weighted by molar-refractivity contribution is 5.94. The molecule has 1 atom stereocenters. The van der Waals surface area contributed by atoms with Crippen LogP contribution in [0.4, 0.5) is 10.1 Å². The number of amides is 1. The average molecular weight is 386 g/mol. The van der Waals surface area contributed by atoms with Crippen molar-refractivity contribution in [2.24, 2.45) is 0 Å². The molecule has 1 saturated heterocycles. The number of anilines is 1. The second-order valence-corrected chi connectivity index (χ2v) is 7.93. The van der Waals surface area contributed by atoms with Gasteiger partial charge < -0.3 is 9.80 Å². The van der Waals surface area contributed by atoms with E-state index < -0.39 is 0 Å². The van der Waals surface area contributed by atoms with Crippen LogP contribution >= 0.6 is 0 Å². The first-order valence-electron chi connectivity index (χ1n) is 10.1. The first-order chi connectivity index (χ1) is 14.2. The van der Waals surface area contributed by atoms with Crippen LogP contribution < -0.4 is 4.90 Å². The van der Waals surface area contributed by atoms with E-state index in [4.69, 9.17) is 0 Å². The first kappa shape index (κ1) is 17.9. The molecule has 2 aliphatic heterocycles. The van der Waals surface area contributed by atoms with E-state index in [2.05, 4.69) is 29.2 Å². The lowest BCUT2D eigenvalue weighted by molar-refractivity contribution is 0.0790. The molecule has 1 amide bonds. The van der Waals surface area contributed by atoms with E-state index in [0.29, 0.717) is 24.2 Å². The Kier molecular flexibility index (Phi) is 4.55. The van der Waals surface area contributed by atoms with Crippen LogP contribution in [0.3, 0.4) is 0 Å². The molecule has 3 nitrogen and oxygen atoms in total. The molecule has 0 spiro atoms. The highest BCUT2D eigenvalue weighted by Crippen LogP contribution is 2.31. The summed E-state index contributed by atoms with van der Waals surface area (Å²) in [5.74, 6) is -0.0783. The van der Waals surface area contributed by atoms with Crippen LogP contribution in [0.15, 0.2) is 72.8 Å². The van der Waals surface area contributed by atoms with Crippen molar-refractivity contribution in [3.8, 4) is 0 Å². The van der Waals surface area contributed by atoms with E-state index in [-0.39, 0.29) is 17.6 Å². The van der Waals surface area contributed by atoms with Gasteiger partial charge >= 0.3 is 0 Å². The van der Waals surface area contributed by atoms with Crippen molar-refractivity contribution in [1.29, 1.82) is 0 Å². The number of carbonyl (C=O) groups is 1. The Morgan fingerprint density at radius 1 is 0.862 bits per heavy atom. The first-order valence-corrected chi connectivity index (χ1v) is 10.1. The Morgan fingerprint density at radius 2 is 1.52 bits per heavy atom. The monoisotopic (exact) mass is 386 g/mol. The normalized spacial score (nSPS) is 18.2. The molecule has 0 bridgehead atoms. The summed E-state index contributed by atoms with van der Waals surface area (Å²) >= 11 is 0. The van der Waals surface area contributed by atoms with Crippen molar-refractivity contribution in [1.82, 2.24) is 4.90 Å². The lowest BCUT2D eigenvalue weighted by Crippen LogP contribution is -2.28. The molecule has 1 unspecified atom stereocenters. The van der Waals surface area contributed by atoms with Gasteiger partial charge in [0.15, 0.2) is 0 Å². The molecule has 4 heteroatoms. The Hall–Kier alpha value is -3.14. The fraction of sp³-hybridized carbons (Fsp3) is 0.240. The van der Waals surface area contributed by atoms with Crippen LogP contribution in [0.2, 0.25) is 0 Å². The summed E-state index contributed by atoms with van der Waals surface area (Å²) in [7, 11) is 0. The van der Waals surface area contributed by atoms with E-state index in [1.165, 1.54) is 17.2 Å². The van der Waals surface area contributed by atoms with Crippen molar-refractivity contribution in [3.05, 3.63) is 101 Å². The van der Waals surface area contributed by atoms with Crippen molar-refractivity contribution in [2.75, 3.05) is 18.0 Å². The van der Waals surface area contributed by atoms with Crippen LogP contribution in [-0.4, -0.2) is 23.9 Å². The van der Waals surface area contributed by atoms with Gasteiger partial charge in [-0.15, -0.1) is 0 Å². The maximum Gasteiger partial charge on any atom is 0.253 e. The second-order valence-electron chi connectivity index (χ2n) is 7.93. The quantitative estimate of drug-likeness (QED) is 0.634. The molecular weight excluding hydrogens is 363 g/mol. The van der Waals surface area contributed by atoms with Gasteiger partial charge in [-0.1, -0.05) is 42.5 Å². The molecule has 0 radical (unpaired) electrons. The minimum atomic E-state index is -0.178. The molecule has 3 aromatic rings. The SMILES string of the molecule is O=C(c1ccc(N2Cc3ccccc3C2)cc1)N1CCC(c2ccccc2F)C1. The standard InChI is InChI=1S/C25H23FN2O/c26-24-8-4-3-7-23(24)21-13-14-27(17-21)25(29)18-9-11-22(12-10-18)28-15-19-5-1-2-6-20(19)16-28/h1-12,21H,13-17H2. The number of halogens is 1. The van der Waals surface area contributed by atoms with Crippen LogP contribution in [0.1, 0.15) is 39.4 Å². The lowest BCUT2D eigenvalue weighted by atomic mass is 9.98. The molecule has 0 saturated carbocycles. The number of rotatable bonds is 3. The molecule has 3 aromatic carbocycles. The third-order valence-corrected chi connectivity index (χ3v) is 6.14. The van der Waals surface area contributed by atoms with Gasteiger partial charge in [-0.2, -0.15) is 0 Å². The number of likely N-dealkylation sites (tertiary alicyclic amines) is 1. The van der Waals surface area contributed by atoms with E-state index in [1.807, 2.05) is 41.3 Å². The molecule has 5 rings (SSSR count). The molecule has 146 valence electrons.